The van der Waals surface area contributed by atoms with Crippen LogP contribution in [0.25, 0.3) is 0 Å². The van der Waals surface area contributed by atoms with Gasteiger partial charge in [-0.1, -0.05) is 13.0 Å². The molecule has 0 saturated carbocycles. The van der Waals surface area contributed by atoms with Crippen LogP contribution in [0, 0.1) is 5.92 Å². The first-order chi connectivity index (χ1) is 8.78. The zero-order chi connectivity index (χ0) is 12.8. The minimum Gasteiger partial charge on any atom is -0.330 e. The molecule has 1 aliphatic rings. The molecule has 18 heavy (non-hydrogen) atoms. The molecule has 1 aromatic rings. The number of rotatable bonds is 5. The Balaban J connectivity index is 1.73. The van der Waals surface area contributed by atoms with E-state index in [0.29, 0.717) is 5.92 Å². The molecule has 0 radical (unpaired) electrons. The van der Waals surface area contributed by atoms with Gasteiger partial charge in [0.25, 0.3) is 0 Å². The highest BCUT2D eigenvalue weighted by Crippen LogP contribution is 2.08. The van der Waals surface area contributed by atoms with Crippen LogP contribution in [0.3, 0.4) is 0 Å². The lowest BCUT2D eigenvalue weighted by molar-refractivity contribution is 0.115. The Morgan fingerprint density at radius 1 is 1.22 bits per heavy atom. The van der Waals surface area contributed by atoms with Crippen molar-refractivity contribution in [3.8, 4) is 0 Å². The molecule has 4 heteroatoms. The minimum absolute atomic E-state index is 0.604. The Kier molecular flexibility index (Phi) is 5.11. The summed E-state index contributed by atoms with van der Waals surface area (Å²) in [4.78, 5) is 9.38. The van der Waals surface area contributed by atoms with E-state index in [4.69, 9.17) is 5.73 Å². The smallest absolute Gasteiger partial charge is 0.0543 e. The van der Waals surface area contributed by atoms with Gasteiger partial charge in [0.05, 0.1) is 5.69 Å². The van der Waals surface area contributed by atoms with E-state index in [0.717, 1.165) is 45.8 Å². The van der Waals surface area contributed by atoms with E-state index < -0.39 is 0 Å². The van der Waals surface area contributed by atoms with E-state index >= 15 is 0 Å². The van der Waals surface area contributed by atoms with Gasteiger partial charge in [-0.2, -0.15) is 0 Å². The van der Waals surface area contributed by atoms with Gasteiger partial charge >= 0.3 is 0 Å². The first kappa shape index (κ1) is 13.5. The molecule has 0 amide bonds. The Labute approximate surface area is 110 Å². The molecule has 2 heterocycles. The molecule has 1 aliphatic heterocycles. The van der Waals surface area contributed by atoms with Gasteiger partial charge in [0.15, 0.2) is 0 Å². The fraction of sp³-hybridized carbons (Fsp3) is 0.643. The number of aromatic nitrogens is 1. The minimum atomic E-state index is 0.604. The Morgan fingerprint density at radius 3 is 2.56 bits per heavy atom. The van der Waals surface area contributed by atoms with Gasteiger partial charge < -0.3 is 10.6 Å². The lowest BCUT2D eigenvalue weighted by atomic mass is 10.1. The van der Waals surface area contributed by atoms with Crippen molar-refractivity contribution in [3.05, 3.63) is 30.1 Å². The van der Waals surface area contributed by atoms with Crippen molar-refractivity contribution in [3.63, 3.8) is 0 Å². The third kappa shape index (κ3) is 4.05. The van der Waals surface area contributed by atoms with Crippen LogP contribution in [0.1, 0.15) is 12.6 Å². The normalized spacial score (nSPS) is 19.9. The molecular weight excluding hydrogens is 224 g/mol. The Bertz CT molecular complexity index is 333. The average Bonchev–Trinajstić information content (AvgIpc) is 2.42. The lowest BCUT2D eigenvalue weighted by Crippen LogP contribution is -2.47. The van der Waals surface area contributed by atoms with Crippen LogP contribution in [0.2, 0.25) is 0 Å². The summed E-state index contributed by atoms with van der Waals surface area (Å²) in [5.41, 5.74) is 6.84. The van der Waals surface area contributed by atoms with Gasteiger partial charge in [-0.3, -0.25) is 9.88 Å². The average molecular weight is 248 g/mol. The molecule has 0 bridgehead atoms. The zero-order valence-corrected chi connectivity index (χ0v) is 11.3. The second-order valence-electron chi connectivity index (χ2n) is 5.24. The predicted octanol–water partition coefficient (Wildman–Crippen LogP) is 0.794. The van der Waals surface area contributed by atoms with E-state index in [1.165, 1.54) is 5.69 Å². The van der Waals surface area contributed by atoms with Gasteiger partial charge in [-0.05, 0) is 24.6 Å². The molecule has 1 aromatic heterocycles. The summed E-state index contributed by atoms with van der Waals surface area (Å²) in [6.07, 6.45) is 1.87. The molecule has 4 nitrogen and oxygen atoms in total. The van der Waals surface area contributed by atoms with Crippen LogP contribution >= 0.6 is 0 Å². The SMILES string of the molecule is CC(CN)CN1CCN(Cc2ccccn2)CC1. The van der Waals surface area contributed by atoms with Gasteiger partial charge in [-0.25, -0.2) is 0 Å². The van der Waals surface area contributed by atoms with Gasteiger partial charge in [0.2, 0.25) is 0 Å². The standard InChI is InChI=1S/C14H24N4/c1-13(10-15)11-17-6-8-18(9-7-17)12-14-4-2-3-5-16-14/h2-5,13H,6-12,15H2,1H3. The lowest BCUT2D eigenvalue weighted by Gasteiger charge is -2.35. The molecular formula is C14H24N4. The summed E-state index contributed by atoms with van der Waals surface area (Å²) in [6.45, 7) is 9.68. The molecule has 1 saturated heterocycles. The van der Waals surface area contributed by atoms with Crippen molar-refractivity contribution < 1.29 is 0 Å². The number of hydrogen-bond donors (Lipinski definition) is 1. The van der Waals surface area contributed by atoms with Crippen molar-refractivity contribution >= 4 is 0 Å². The van der Waals surface area contributed by atoms with Crippen molar-refractivity contribution in [2.24, 2.45) is 11.7 Å². The monoisotopic (exact) mass is 248 g/mol. The van der Waals surface area contributed by atoms with Crippen molar-refractivity contribution in [1.82, 2.24) is 14.8 Å². The second-order valence-corrected chi connectivity index (χ2v) is 5.24. The highest BCUT2D eigenvalue weighted by Gasteiger charge is 2.18. The molecule has 2 rings (SSSR count). The number of pyridine rings is 1. The molecule has 1 fully saturated rings. The van der Waals surface area contributed by atoms with Gasteiger partial charge in [0, 0.05) is 45.5 Å². The van der Waals surface area contributed by atoms with Gasteiger partial charge in [-0.15, -0.1) is 0 Å². The summed E-state index contributed by atoms with van der Waals surface area (Å²) in [5, 5.41) is 0. The fourth-order valence-corrected chi connectivity index (χ4v) is 2.37. The molecule has 0 aromatic carbocycles. The quantitative estimate of drug-likeness (QED) is 0.837. The molecule has 0 aliphatic carbocycles. The Hall–Kier alpha value is -0.970. The van der Waals surface area contributed by atoms with Crippen LogP contribution in [-0.4, -0.2) is 54.1 Å². The summed E-state index contributed by atoms with van der Waals surface area (Å²) < 4.78 is 0. The van der Waals surface area contributed by atoms with Crippen LogP contribution in [0.4, 0.5) is 0 Å². The largest absolute Gasteiger partial charge is 0.330 e. The van der Waals surface area contributed by atoms with E-state index in [1.54, 1.807) is 0 Å². The molecule has 2 N–H and O–H groups in total. The Morgan fingerprint density at radius 2 is 1.94 bits per heavy atom. The van der Waals surface area contributed by atoms with Crippen LogP contribution in [0.15, 0.2) is 24.4 Å². The van der Waals surface area contributed by atoms with E-state index in [2.05, 4.69) is 33.8 Å². The zero-order valence-electron chi connectivity index (χ0n) is 11.3. The fourth-order valence-electron chi connectivity index (χ4n) is 2.37. The maximum atomic E-state index is 5.67. The maximum absolute atomic E-state index is 5.67. The summed E-state index contributed by atoms with van der Waals surface area (Å²) in [6, 6.07) is 6.13. The topological polar surface area (TPSA) is 45.4 Å². The van der Waals surface area contributed by atoms with Crippen molar-refractivity contribution in [1.29, 1.82) is 0 Å². The van der Waals surface area contributed by atoms with E-state index in [9.17, 15) is 0 Å². The van der Waals surface area contributed by atoms with Crippen molar-refractivity contribution in [2.45, 2.75) is 13.5 Å². The van der Waals surface area contributed by atoms with E-state index in [-0.39, 0.29) is 0 Å². The molecule has 1 atom stereocenters. The molecule has 100 valence electrons. The summed E-state index contributed by atoms with van der Waals surface area (Å²) in [5.74, 6) is 0.604. The second kappa shape index (κ2) is 6.83. The van der Waals surface area contributed by atoms with Crippen LogP contribution < -0.4 is 5.73 Å². The number of hydrogen-bond acceptors (Lipinski definition) is 4. The summed E-state index contributed by atoms with van der Waals surface area (Å²) in [7, 11) is 0. The first-order valence-electron chi connectivity index (χ1n) is 6.82. The third-order valence-electron chi connectivity index (χ3n) is 3.55. The maximum Gasteiger partial charge on any atom is 0.0543 e. The highest BCUT2D eigenvalue weighted by molar-refractivity contribution is 5.03. The van der Waals surface area contributed by atoms with Crippen LogP contribution in [0.5, 0.6) is 0 Å². The first-order valence-corrected chi connectivity index (χ1v) is 6.82. The number of piperazine rings is 1. The number of nitrogens with two attached hydrogens (primary N) is 1. The highest BCUT2D eigenvalue weighted by atomic mass is 15.3. The molecule has 1 unspecified atom stereocenters. The summed E-state index contributed by atoms with van der Waals surface area (Å²) >= 11 is 0. The molecule has 0 spiro atoms. The third-order valence-corrected chi connectivity index (χ3v) is 3.55. The van der Waals surface area contributed by atoms with E-state index in [1.807, 2.05) is 12.3 Å². The number of nitrogens with zero attached hydrogens (tertiary/aromatic N) is 3. The van der Waals surface area contributed by atoms with Crippen LogP contribution in [-0.2, 0) is 6.54 Å². The van der Waals surface area contributed by atoms with Gasteiger partial charge in [0.1, 0.15) is 0 Å². The van der Waals surface area contributed by atoms with Crippen molar-refractivity contribution in [2.75, 3.05) is 39.3 Å². The predicted molar refractivity (Wildman–Crippen MR) is 74.2 cm³/mol.